The van der Waals surface area contributed by atoms with Crippen LogP contribution in [-0.4, -0.2) is 41.5 Å². The Morgan fingerprint density at radius 3 is 2.71 bits per heavy atom. The van der Waals surface area contributed by atoms with Crippen molar-refractivity contribution in [2.45, 2.75) is 26.3 Å². The standard InChI is InChI=1S/C17H21N3OS.2ClH/c1-12-3-5-14(6-4-12)17-19-15(11-22-17)9-16(21)20-8-7-18-10-13(20)2;;/h3-6,11,13,18H,7-10H2,1-2H3;2*1H. The summed E-state index contributed by atoms with van der Waals surface area (Å²) in [5, 5.41) is 6.29. The van der Waals surface area contributed by atoms with Gasteiger partial charge in [-0.1, -0.05) is 29.8 Å². The van der Waals surface area contributed by atoms with Crippen molar-refractivity contribution in [2.75, 3.05) is 19.6 Å². The fourth-order valence-electron chi connectivity index (χ4n) is 2.68. The Bertz CT molecular complexity index is 660. The number of thiazole rings is 1. The second-order valence-electron chi connectivity index (χ2n) is 5.83. The van der Waals surface area contributed by atoms with Crippen LogP contribution in [-0.2, 0) is 11.2 Å². The molecule has 1 N–H and O–H groups in total. The predicted molar refractivity (Wildman–Crippen MR) is 105 cm³/mol. The summed E-state index contributed by atoms with van der Waals surface area (Å²) in [6.07, 6.45) is 0.396. The first-order valence-corrected chi connectivity index (χ1v) is 8.53. The van der Waals surface area contributed by atoms with E-state index in [0.29, 0.717) is 6.42 Å². The van der Waals surface area contributed by atoms with E-state index >= 15 is 0 Å². The Morgan fingerprint density at radius 1 is 1.33 bits per heavy atom. The molecule has 2 heterocycles. The minimum absolute atomic E-state index is 0. The lowest BCUT2D eigenvalue weighted by Gasteiger charge is -2.33. The molecule has 0 bridgehead atoms. The maximum Gasteiger partial charge on any atom is 0.228 e. The SMILES string of the molecule is Cc1ccc(-c2nc(CC(=O)N3CCNCC3C)cs2)cc1.Cl.Cl. The molecule has 24 heavy (non-hydrogen) atoms. The minimum Gasteiger partial charge on any atom is -0.337 e. The summed E-state index contributed by atoms with van der Waals surface area (Å²) >= 11 is 1.60. The van der Waals surface area contributed by atoms with Crippen molar-refractivity contribution in [1.29, 1.82) is 0 Å². The van der Waals surface area contributed by atoms with Gasteiger partial charge in [-0.15, -0.1) is 36.2 Å². The zero-order valence-corrected chi connectivity index (χ0v) is 16.3. The second-order valence-corrected chi connectivity index (χ2v) is 6.69. The number of hydrogen-bond acceptors (Lipinski definition) is 4. The average Bonchev–Trinajstić information content (AvgIpc) is 2.97. The molecule has 1 aromatic heterocycles. The molecule has 1 atom stereocenters. The third-order valence-electron chi connectivity index (χ3n) is 4.00. The lowest BCUT2D eigenvalue weighted by Crippen LogP contribution is -2.52. The van der Waals surface area contributed by atoms with Gasteiger partial charge in [0.15, 0.2) is 0 Å². The first-order chi connectivity index (χ1) is 10.6. The zero-order valence-electron chi connectivity index (χ0n) is 13.8. The Balaban J connectivity index is 0.00000144. The predicted octanol–water partition coefficient (Wildman–Crippen LogP) is 3.32. The molecule has 1 saturated heterocycles. The van der Waals surface area contributed by atoms with Gasteiger partial charge in [0.2, 0.25) is 5.91 Å². The Kier molecular flexibility index (Phi) is 8.16. The van der Waals surface area contributed by atoms with E-state index in [4.69, 9.17) is 0 Å². The monoisotopic (exact) mass is 387 g/mol. The van der Waals surface area contributed by atoms with Crippen molar-refractivity contribution in [1.82, 2.24) is 15.2 Å². The first kappa shape index (κ1) is 20.9. The number of carbonyl (C=O) groups excluding carboxylic acids is 1. The van der Waals surface area contributed by atoms with E-state index in [0.717, 1.165) is 35.9 Å². The van der Waals surface area contributed by atoms with Crippen LogP contribution in [0.1, 0.15) is 18.2 Å². The second kappa shape index (κ2) is 9.37. The highest BCUT2D eigenvalue weighted by Crippen LogP contribution is 2.24. The smallest absolute Gasteiger partial charge is 0.228 e. The summed E-state index contributed by atoms with van der Waals surface area (Å²) in [6.45, 7) is 6.70. The number of aryl methyl sites for hydroxylation is 1. The van der Waals surface area contributed by atoms with Crippen LogP contribution in [0.3, 0.4) is 0 Å². The van der Waals surface area contributed by atoms with Crippen LogP contribution in [0.5, 0.6) is 0 Å². The van der Waals surface area contributed by atoms with Crippen molar-refractivity contribution < 1.29 is 4.79 Å². The highest BCUT2D eigenvalue weighted by Gasteiger charge is 2.23. The summed E-state index contributed by atoms with van der Waals surface area (Å²) < 4.78 is 0. The number of aromatic nitrogens is 1. The van der Waals surface area contributed by atoms with E-state index in [9.17, 15) is 4.79 Å². The van der Waals surface area contributed by atoms with Crippen LogP contribution in [0, 0.1) is 6.92 Å². The van der Waals surface area contributed by atoms with Gasteiger partial charge in [0.25, 0.3) is 0 Å². The van der Waals surface area contributed by atoms with E-state index < -0.39 is 0 Å². The van der Waals surface area contributed by atoms with E-state index in [1.165, 1.54) is 5.56 Å². The van der Waals surface area contributed by atoms with Crippen molar-refractivity contribution in [3.8, 4) is 10.6 Å². The van der Waals surface area contributed by atoms with Gasteiger partial charge >= 0.3 is 0 Å². The molecule has 1 unspecified atom stereocenters. The Morgan fingerprint density at radius 2 is 2.04 bits per heavy atom. The summed E-state index contributed by atoms with van der Waals surface area (Å²) in [5.41, 5.74) is 3.23. The van der Waals surface area contributed by atoms with Gasteiger partial charge in [-0.25, -0.2) is 4.98 Å². The molecule has 1 amide bonds. The number of nitrogens with one attached hydrogen (secondary N) is 1. The maximum atomic E-state index is 12.4. The Hall–Kier alpha value is -1.14. The van der Waals surface area contributed by atoms with Crippen LogP contribution in [0.2, 0.25) is 0 Å². The molecule has 1 aliphatic rings. The van der Waals surface area contributed by atoms with Gasteiger partial charge in [0.1, 0.15) is 5.01 Å². The third kappa shape index (κ3) is 4.93. The van der Waals surface area contributed by atoms with Crippen LogP contribution in [0.4, 0.5) is 0 Å². The normalized spacial score (nSPS) is 16.9. The molecule has 132 valence electrons. The number of halogens is 2. The van der Waals surface area contributed by atoms with Gasteiger partial charge in [-0.2, -0.15) is 0 Å². The fraction of sp³-hybridized carbons (Fsp3) is 0.412. The molecule has 7 heteroatoms. The van der Waals surface area contributed by atoms with Crippen LogP contribution < -0.4 is 5.32 Å². The molecule has 0 spiro atoms. The number of nitrogens with zero attached hydrogens (tertiary/aromatic N) is 2. The van der Waals surface area contributed by atoms with Crippen LogP contribution in [0.15, 0.2) is 29.6 Å². The molecular formula is C17H23Cl2N3OS. The number of piperazine rings is 1. The molecule has 0 aliphatic carbocycles. The number of carbonyl (C=O) groups is 1. The van der Waals surface area contributed by atoms with E-state index in [1.807, 2.05) is 10.3 Å². The molecule has 0 saturated carbocycles. The van der Waals surface area contributed by atoms with E-state index in [2.05, 4.69) is 48.4 Å². The number of rotatable bonds is 3. The molecule has 2 aromatic rings. The maximum absolute atomic E-state index is 12.4. The van der Waals surface area contributed by atoms with Crippen molar-refractivity contribution in [3.05, 3.63) is 40.9 Å². The average molecular weight is 388 g/mol. The molecule has 4 nitrogen and oxygen atoms in total. The largest absolute Gasteiger partial charge is 0.337 e. The van der Waals surface area contributed by atoms with Crippen LogP contribution in [0.25, 0.3) is 10.6 Å². The first-order valence-electron chi connectivity index (χ1n) is 7.65. The molecular weight excluding hydrogens is 365 g/mol. The van der Waals surface area contributed by atoms with Gasteiger partial charge < -0.3 is 10.2 Å². The van der Waals surface area contributed by atoms with Gasteiger partial charge in [0, 0.05) is 36.6 Å². The number of amides is 1. The highest BCUT2D eigenvalue weighted by molar-refractivity contribution is 7.13. The molecule has 1 fully saturated rings. The van der Waals surface area contributed by atoms with Crippen molar-refractivity contribution in [2.24, 2.45) is 0 Å². The topological polar surface area (TPSA) is 45.2 Å². The van der Waals surface area contributed by atoms with Crippen LogP contribution >= 0.6 is 36.2 Å². The summed E-state index contributed by atoms with van der Waals surface area (Å²) in [7, 11) is 0. The molecule has 1 aliphatic heterocycles. The van der Waals surface area contributed by atoms with Gasteiger partial charge in [0.05, 0.1) is 12.1 Å². The van der Waals surface area contributed by atoms with E-state index in [1.54, 1.807) is 11.3 Å². The fourth-order valence-corrected chi connectivity index (χ4v) is 3.51. The molecule has 0 radical (unpaired) electrons. The van der Waals surface area contributed by atoms with Crippen molar-refractivity contribution in [3.63, 3.8) is 0 Å². The highest BCUT2D eigenvalue weighted by atomic mass is 35.5. The minimum atomic E-state index is 0. The molecule has 3 rings (SSSR count). The lowest BCUT2D eigenvalue weighted by atomic mass is 10.1. The summed E-state index contributed by atoms with van der Waals surface area (Å²) in [5.74, 6) is 0.176. The molecule has 1 aromatic carbocycles. The van der Waals surface area contributed by atoms with Crippen molar-refractivity contribution >= 4 is 42.1 Å². The number of hydrogen-bond donors (Lipinski definition) is 1. The van der Waals surface area contributed by atoms with Gasteiger partial charge in [-0.05, 0) is 13.8 Å². The Labute approximate surface area is 159 Å². The van der Waals surface area contributed by atoms with E-state index in [-0.39, 0.29) is 36.8 Å². The lowest BCUT2D eigenvalue weighted by molar-refractivity contribution is -0.133. The zero-order chi connectivity index (χ0) is 15.5. The van der Waals surface area contributed by atoms with Gasteiger partial charge in [-0.3, -0.25) is 4.79 Å². The quantitative estimate of drug-likeness (QED) is 0.878. The summed E-state index contributed by atoms with van der Waals surface area (Å²) in [4.78, 5) is 19.0. The number of benzene rings is 1. The third-order valence-corrected chi connectivity index (χ3v) is 4.94. The summed E-state index contributed by atoms with van der Waals surface area (Å²) in [6, 6.07) is 8.60.